The molecule has 5 heteroatoms. The lowest BCUT2D eigenvalue weighted by molar-refractivity contribution is -0.143. The molecule has 1 heterocycles. The maximum absolute atomic E-state index is 13.0. The highest BCUT2D eigenvalue weighted by molar-refractivity contribution is 5.92. The summed E-state index contributed by atoms with van der Waals surface area (Å²) in [6.07, 6.45) is 0.338. The largest absolute Gasteiger partial charge is 0.496 e. The fraction of sp³-hybridized carbons (Fsp3) is 0.333. The van der Waals surface area contributed by atoms with Crippen molar-refractivity contribution >= 4 is 11.8 Å². The van der Waals surface area contributed by atoms with E-state index in [0.717, 1.165) is 22.4 Å². The Balaban J connectivity index is 1.87. The number of hydrogen-bond donors (Lipinski definition) is 1. The number of para-hydroxylation sites is 1. The summed E-state index contributed by atoms with van der Waals surface area (Å²) in [6.45, 7) is 4.22. The van der Waals surface area contributed by atoms with E-state index < -0.39 is 6.04 Å². The zero-order chi connectivity index (χ0) is 18.7. The summed E-state index contributed by atoms with van der Waals surface area (Å²) in [5.74, 6) is 0.537. The summed E-state index contributed by atoms with van der Waals surface area (Å²) >= 11 is 0. The topological polar surface area (TPSA) is 58.6 Å². The number of carbonyl (C=O) groups excluding carboxylic acids is 2. The van der Waals surface area contributed by atoms with Crippen molar-refractivity contribution < 1.29 is 14.3 Å². The highest BCUT2D eigenvalue weighted by Gasteiger charge is 2.38. The molecule has 0 aromatic heterocycles. The Morgan fingerprint density at radius 1 is 1.19 bits per heavy atom. The van der Waals surface area contributed by atoms with E-state index in [-0.39, 0.29) is 17.9 Å². The van der Waals surface area contributed by atoms with Gasteiger partial charge >= 0.3 is 0 Å². The van der Waals surface area contributed by atoms with Gasteiger partial charge in [-0.25, -0.2) is 0 Å². The first kappa shape index (κ1) is 18.0. The second kappa shape index (κ2) is 7.60. The van der Waals surface area contributed by atoms with Crippen molar-refractivity contribution in [1.82, 2.24) is 10.2 Å². The van der Waals surface area contributed by atoms with Gasteiger partial charge in [-0.05, 0) is 31.0 Å². The van der Waals surface area contributed by atoms with Gasteiger partial charge < -0.3 is 15.0 Å². The lowest BCUT2D eigenvalue weighted by Gasteiger charge is -2.39. The molecule has 5 nitrogen and oxygen atoms in total. The number of nitrogens with zero attached hydrogens (tertiary/aromatic N) is 1. The number of rotatable bonds is 5. The van der Waals surface area contributed by atoms with E-state index in [2.05, 4.69) is 5.32 Å². The highest BCUT2D eigenvalue weighted by Crippen LogP contribution is 2.32. The maximum Gasteiger partial charge on any atom is 0.247 e. The SMILES string of the molecule is COc1ccccc1CNC(=O)[C@H]1c2ccccc2CC(=O)N1C(C)C. The first-order valence-corrected chi connectivity index (χ1v) is 8.81. The molecular formula is C21H24N2O3. The van der Waals surface area contributed by atoms with Gasteiger partial charge in [0.05, 0.1) is 13.5 Å². The molecule has 26 heavy (non-hydrogen) atoms. The van der Waals surface area contributed by atoms with Crippen LogP contribution in [0.15, 0.2) is 48.5 Å². The minimum atomic E-state index is -0.609. The van der Waals surface area contributed by atoms with Gasteiger partial charge in [-0.2, -0.15) is 0 Å². The van der Waals surface area contributed by atoms with Crippen LogP contribution in [0.1, 0.15) is 36.6 Å². The monoisotopic (exact) mass is 352 g/mol. The third-order valence-corrected chi connectivity index (χ3v) is 4.71. The summed E-state index contributed by atoms with van der Waals surface area (Å²) in [6, 6.07) is 14.6. The quantitative estimate of drug-likeness (QED) is 0.900. The van der Waals surface area contributed by atoms with Crippen LogP contribution in [0.3, 0.4) is 0 Å². The van der Waals surface area contributed by atoms with Crippen molar-refractivity contribution in [2.45, 2.75) is 38.9 Å². The standard InChI is InChI=1S/C21H24N2O3/c1-14(2)23-19(24)12-15-8-4-6-10-17(15)20(23)21(25)22-13-16-9-5-7-11-18(16)26-3/h4-11,14,20H,12-13H2,1-3H3,(H,22,25)/t20-/m1/s1. The van der Waals surface area contributed by atoms with E-state index in [1.807, 2.05) is 62.4 Å². The van der Waals surface area contributed by atoms with Crippen molar-refractivity contribution in [2.75, 3.05) is 7.11 Å². The second-order valence-corrected chi connectivity index (χ2v) is 6.70. The van der Waals surface area contributed by atoms with Crippen LogP contribution in [0.25, 0.3) is 0 Å². The third kappa shape index (κ3) is 3.43. The Morgan fingerprint density at radius 2 is 1.88 bits per heavy atom. The van der Waals surface area contributed by atoms with Crippen LogP contribution in [0.5, 0.6) is 5.75 Å². The Hall–Kier alpha value is -2.82. The molecule has 1 aliphatic heterocycles. The molecule has 2 amide bonds. The number of hydrogen-bond acceptors (Lipinski definition) is 3. The summed E-state index contributed by atoms with van der Waals surface area (Å²) in [7, 11) is 1.61. The Labute approximate surface area is 154 Å². The van der Waals surface area contributed by atoms with Gasteiger partial charge in [0.1, 0.15) is 11.8 Å². The van der Waals surface area contributed by atoms with Gasteiger partial charge in [-0.1, -0.05) is 42.5 Å². The van der Waals surface area contributed by atoms with Crippen molar-refractivity contribution in [2.24, 2.45) is 0 Å². The van der Waals surface area contributed by atoms with Gasteiger partial charge in [0.2, 0.25) is 11.8 Å². The van der Waals surface area contributed by atoms with Crippen LogP contribution in [0.4, 0.5) is 0 Å². The van der Waals surface area contributed by atoms with Gasteiger partial charge in [0.25, 0.3) is 0 Å². The van der Waals surface area contributed by atoms with E-state index in [1.165, 1.54) is 0 Å². The van der Waals surface area contributed by atoms with E-state index in [9.17, 15) is 9.59 Å². The lowest BCUT2D eigenvalue weighted by Crippen LogP contribution is -2.50. The molecule has 0 spiro atoms. The van der Waals surface area contributed by atoms with Crippen LogP contribution < -0.4 is 10.1 Å². The minimum absolute atomic E-state index is 0.0175. The molecule has 0 unspecified atom stereocenters. The predicted molar refractivity (Wildman–Crippen MR) is 99.7 cm³/mol. The molecule has 0 saturated carbocycles. The molecule has 0 fully saturated rings. The van der Waals surface area contributed by atoms with E-state index in [4.69, 9.17) is 4.74 Å². The first-order chi connectivity index (χ1) is 12.5. The lowest BCUT2D eigenvalue weighted by atomic mass is 9.90. The number of nitrogens with one attached hydrogen (secondary N) is 1. The number of carbonyl (C=O) groups is 2. The average molecular weight is 352 g/mol. The molecule has 3 rings (SSSR count). The van der Waals surface area contributed by atoms with Crippen molar-refractivity contribution in [3.8, 4) is 5.75 Å². The van der Waals surface area contributed by atoms with Gasteiger partial charge in [-0.15, -0.1) is 0 Å². The molecule has 136 valence electrons. The van der Waals surface area contributed by atoms with E-state index in [1.54, 1.807) is 12.0 Å². The number of ether oxygens (including phenoxy) is 1. The molecule has 0 radical (unpaired) electrons. The molecule has 0 aliphatic carbocycles. The number of fused-ring (bicyclic) bond motifs is 1. The molecule has 1 N–H and O–H groups in total. The molecule has 1 atom stereocenters. The van der Waals surface area contributed by atoms with Crippen LogP contribution in [-0.4, -0.2) is 29.9 Å². The Kier molecular flexibility index (Phi) is 5.26. The van der Waals surface area contributed by atoms with Crippen LogP contribution in [0.2, 0.25) is 0 Å². The first-order valence-electron chi connectivity index (χ1n) is 8.81. The minimum Gasteiger partial charge on any atom is -0.496 e. The van der Waals surface area contributed by atoms with E-state index in [0.29, 0.717) is 13.0 Å². The van der Waals surface area contributed by atoms with Gasteiger partial charge in [0, 0.05) is 18.2 Å². The number of methoxy groups -OCH3 is 1. The zero-order valence-electron chi connectivity index (χ0n) is 15.4. The molecule has 2 aromatic carbocycles. The molecule has 0 saturated heterocycles. The second-order valence-electron chi connectivity index (χ2n) is 6.70. The highest BCUT2D eigenvalue weighted by atomic mass is 16.5. The van der Waals surface area contributed by atoms with Crippen molar-refractivity contribution in [1.29, 1.82) is 0 Å². The summed E-state index contributed by atoms with van der Waals surface area (Å²) < 4.78 is 5.34. The van der Waals surface area contributed by atoms with Crippen LogP contribution in [0, 0.1) is 0 Å². The van der Waals surface area contributed by atoms with Crippen LogP contribution in [-0.2, 0) is 22.6 Å². The molecule has 2 aromatic rings. The van der Waals surface area contributed by atoms with Crippen molar-refractivity contribution in [3.63, 3.8) is 0 Å². The Morgan fingerprint density at radius 3 is 2.62 bits per heavy atom. The predicted octanol–water partition coefficient (Wildman–Crippen LogP) is 2.85. The smallest absolute Gasteiger partial charge is 0.247 e. The third-order valence-electron chi connectivity index (χ3n) is 4.71. The summed E-state index contributed by atoms with van der Waals surface area (Å²) in [5.41, 5.74) is 2.72. The molecular weight excluding hydrogens is 328 g/mol. The zero-order valence-corrected chi connectivity index (χ0v) is 15.4. The normalized spacial score (nSPS) is 16.4. The Bertz CT molecular complexity index is 816. The van der Waals surface area contributed by atoms with E-state index >= 15 is 0 Å². The van der Waals surface area contributed by atoms with Gasteiger partial charge in [0.15, 0.2) is 0 Å². The summed E-state index contributed by atoms with van der Waals surface area (Å²) in [4.78, 5) is 27.3. The van der Waals surface area contributed by atoms with Gasteiger partial charge in [-0.3, -0.25) is 9.59 Å². The number of amides is 2. The fourth-order valence-corrected chi connectivity index (χ4v) is 3.49. The fourth-order valence-electron chi connectivity index (χ4n) is 3.49. The molecule has 1 aliphatic rings. The maximum atomic E-state index is 13.0. The average Bonchev–Trinajstić information content (AvgIpc) is 2.64. The van der Waals surface area contributed by atoms with Crippen molar-refractivity contribution in [3.05, 3.63) is 65.2 Å². The number of benzene rings is 2. The molecule has 0 bridgehead atoms. The summed E-state index contributed by atoms with van der Waals surface area (Å²) in [5, 5.41) is 2.98. The van der Waals surface area contributed by atoms with Crippen LogP contribution >= 0.6 is 0 Å².